The maximum absolute atomic E-state index is 12.1. The maximum Gasteiger partial charge on any atom is 0.258 e. The van der Waals surface area contributed by atoms with Crippen LogP contribution in [-0.4, -0.2) is 15.9 Å². The first-order valence-electron chi connectivity index (χ1n) is 8.38. The topological polar surface area (TPSA) is 74.8 Å². The Morgan fingerprint density at radius 1 is 1.16 bits per heavy atom. The third kappa shape index (κ3) is 4.12. The number of aromatic amines is 1. The van der Waals surface area contributed by atoms with Gasteiger partial charge in [0.05, 0.1) is 10.9 Å². The Balaban J connectivity index is 1.60. The van der Waals surface area contributed by atoms with Gasteiger partial charge in [0.2, 0.25) is 5.91 Å². The number of carbonyl (C=O) groups is 1. The van der Waals surface area contributed by atoms with E-state index in [9.17, 15) is 9.59 Å². The van der Waals surface area contributed by atoms with Gasteiger partial charge in [0.25, 0.3) is 5.56 Å². The number of anilines is 1. The smallest absolute Gasteiger partial charge is 0.258 e. The van der Waals surface area contributed by atoms with Crippen LogP contribution in [0.5, 0.6) is 0 Å². The fourth-order valence-corrected chi connectivity index (χ4v) is 2.75. The fourth-order valence-electron chi connectivity index (χ4n) is 2.75. The Bertz CT molecular complexity index is 976. The van der Waals surface area contributed by atoms with Crippen molar-refractivity contribution < 1.29 is 4.79 Å². The average molecular weight is 335 g/mol. The molecule has 0 atom stereocenters. The monoisotopic (exact) mass is 335 g/mol. The summed E-state index contributed by atoms with van der Waals surface area (Å²) in [6.45, 7) is 3.97. The van der Waals surface area contributed by atoms with Gasteiger partial charge in [0, 0.05) is 18.5 Å². The van der Waals surface area contributed by atoms with Crippen LogP contribution in [0, 0.1) is 13.8 Å². The lowest BCUT2D eigenvalue weighted by Gasteiger charge is -2.09. The second-order valence-corrected chi connectivity index (χ2v) is 6.25. The zero-order valence-corrected chi connectivity index (χ0v) is 14.4. The van der Waals surface area contributed by atoms with Crippen molar-refractivity contribution in [2.75, 3.05) is 5.32 Å². The molecule has 5 nitrogen and oxygen atoms in total. The molecule has 1 amide bonds. The Kier molecular flexibility index (Phi) is 4.93. The quantitative estimate of drug-likeness (QED) is 0.749. The first-order chi connectivity index (χ1) is 12.0. The standard InChI is InChI=1S/C20H21N3O2/c1-13-10-11-14(2)17(12-13)22-19(24)9-5-8-18-21-16-7-4-3-6-15(16)20(25)23-18/h3-4,6-7,10-12H,5,8-9H2,1-2H3,(H,22,24)(H,21,23,25). The van der Waals surface area contributed by atoms with Gasteiger partial charge in [-0.1, -0.05) is 24.3 Å². The Morgan fingerprint density at radius 2 is 1.96 bits per heavy atom. The third-order valence-electron chi connectivity index (χ3n) is 4.15. The molecule has 0 radical (unpaired) electrons. The summed E-state index contributed by atoms with van der Waals surface area (Å²) in [5.74, 6) is 0.583. The van der Waals surface area contributed by atoms with E-state index in [0.29, 0.717) is 36.0 Å². The van der Waals surface area contributed by atoms with Crippen LogP contribution in [-0.2, 0) is 11.2 Å². The number of nitrogens with zero attached hydrogens (tertiary/aromatic N) is 1. The van der Waals surface area contributed by atoms with E-state index in [1.54, 1.807) is 6.07 Å². The number of hydrogen-bond donors (Lipinski definition) is 2. The van der Waals surface area contributed by atoms with Crippen LogP contribution < -0.4 is 10.9 Å². The minimum Gasteiger partial charge on any atom is -0.326 e. The molecular formula is C20H21N3O2. The van der Waals surface area contributed by atoms with Crippen LogP contribution in [0.2, 0.25) is 0 Å². The van der Waals surface area contributed by atoms with Gasteiger partial charge in [-0.25, -0.2) is 4.98 Å². The molecule has 3 rings (SSSR count). The number of aromatic nitrogens is 2. The van der Waals surface area contributed by atoms with Gasteiger partial charge in [-0.05, 0) is 49.6 Å². The number of nitrogens with one attached hydrogen (secondary N) is 2. The van der Waals surface area contributed by atoms with E-state index in [4.69, 9.17) is 0 Å². The molecule has 0 fully saturated rings. The third-order valence-corrected chi connectivity index (χ3v) is 4.15. The van der Waals surface area contributed by atoms with E-state index in [1.165, 1.54) is 0 Å². The molecule has 0 aliphatic carbocycles. The van der Waals surface area contributed by atoms with Crippen LogP contribution in [0.15, 0.2) is 47.3 Å². The highest BCUT2D eigenvalue weighted by Crippen LogP contribution is 2.17. The fraction of sp³-hybridized carbons (Fsp3) is 0.250. The Labute approximate surface area is 146 Å². The molecule has 0 aliphatic heterocycles. The molecule has 0 aliphatic rings. The number of para-hydroxylation sites is 1. The summed E-state index contributed by atoms with van der Waals surface area (Å²) in [5, 5.41) is 3.53. The van der Waals surface area contributed by atoms with Gasteiger partial charge >= 0.3 is 0 Å². The molecular weight excluding hydrogens is 314 g/mol. The van der Waals surface area contributed by atoms with E-state index in [2.05, 4.69) is 15.3 Å². The van der Waals surface area contributed by atoms with Gasteiger partial charge in [-0.2, -0.15) is 0 Å². The predicted molar refractivity (Wildman–Crippen MR) is 99.8 cm³/mol. The molecule has 2 aromatic carbocycles. The van der Waals surface area contributed by atoms with E-state index >= 15 is 0 Å². The van der Waals surface area contributed by atoms with Gasteiger partial charge in [-0.3, -0.25) is 9.59 Å². The average Bonchev–Trinajstić information content (AvgIpc) is 2.58. The first kappa shape index (κ1) is 16.9. The van der Waals surface area contributed by atoms with Crippen LogP contribution >= 0.6 is 0 Å². The molecule has 5 heteroatoms. The van der Waals surface area contributed by atoms with Crippen LogP contribution in [0.1, 0.15) is 29.8 Å². The van der Waals surface area contributed by atoms with E-state index < -0.39 is 0 Å². The maximum atomic E-state index is 12.1. The predicted octanol–water partition coefficient (Wildman–Crippen LogP) is 3.50. The van der Waals surface area contributed by atoms with Crippen LogP contribution in [0.3, 0.4) is 0 Å². The zero-order valence-electron chi connectivity index (χ0n) is 14.4. The molecule has 0 unspecified atom stereocenters. The molecule has 0 saturated carbocycles. The molecule has 2 N–H and O–H groups in total. The minimum absolute atomic E-state index is 0.0307. The Hall–Kier alpha value is -2.95. The lowest BCUT2D eigenvalue weighted by Crippen LogP contribution is -2.14. The highest BCUT2D eigenvalue weighted by Gasteiger charge is 2.07. The van der Waals surface area contributed by atoms with E-state index in [1.807, 2.05) is 50.2 Å². The summed E-state index contributed by atoms with van der Waals surface area (Å²) in [5.41, 5.74) is 3.54. The molecule has 1 heterocycles. The number of amides is 1. The first-order valence-corrected chi connectivity index (χ1v) is 8.38. The zero-order chi connectivity index (χ0) is 17.8. The van der Waals surface area contributed by atoms with Crippen molar-refractivity contribution in [3.63, 3.8) is 0 Å². The van der Waals surface area contributed by atoms with Crippen LogP contribution in [0.25, 0.3) is 10.9 Å². The lowest BCUT2D eigenvalue weighted by atomic mass is 10.1. The number of hydrogen-bond acceptors (Lipinski definition) is 3. The second-order valence-electron chi connectivity index (χ2n) is 6.25. The molecule has 0 saturated heterocycles. The molecule has 128 valence electrons. The van der Waals surface area contributed by atoms with Crippen molar-refractivity contribution in [1.82, 2.24) is 9.97 Å². The van der Waals surface area contributed by atoms with Gasteiger partial charge in [0.15, 0.2) is 0 Å². The summed E-state index contributed by atoms with van der Waals surface area (Å²) in [6.07, 6.45) is 1.56. The largest absolute Gasteiger partial charge is 0.326 e. The summed E-state index contributed by atoms with van der Waals surface area (Å²) in [6, 6.07) is 13.2. The number of H-pyrrole nitrogens is 1. The van der Waals surface area contributed by atoms with Crippen molar-refractivity contribution in [3.05, 3.63) is 69.8 Å². The molecule has 3 aromatic rings. The van der Waals surface area contributed by atoms with Gasteiger partial charge < -0.3 is 10.3 Å². The summed E-state index contributed by atoms with van der Waals surface area (Å²) in [7, 11) is 0. The van der Waals surface area contributed by atoms with E-state index in [0.717, 1.165) is 16.8 Å². The minimum atomic E-state index is -0.138. The number of aryl methyl sites for hydroxylation is 3. The number of fused-ring (bicyclic) bond motifs is 1. The molecule has 1 aromatic heterocycles. The summed E-state index contributed by atoms with van der Waals surface area (Å²) < 4.78 is 0. The van der Waals surface area contributed by atoms with E-state index in [-0.39, 0.29) is 11.5 Å². The van der Waals surface area contributed by atoms with Crippen molar-refractivity contribution in [2.45, 2.75) is 33.1 Å². The van der Waals surface area contributed by atoms with Crippen molar-refractivity contribution >= 4 is 22.5 Å². The molecule has 0 bridgehead atoms. The van der Waals surface area contributed by atoms with Crippen molar-refractivity contribution in [1.29, 1.82) is 0 Å². The second kappa shape index (κ2) is 7.30. The molecule has 25 heavy (non-hydrogen) atoms. The number of carbonyl (C=O) groups excluding carboxylic acids is 1. The number of benzene rings is 2. The van der Waals surface area contributed by atoms with Gasteiger partial charge in [0.1, 0.15) is 5.82 Å². The van der Waals surface area contributed by atoms with Crippen molar-refractivity contribution in [3.8, 4) is 0 Å². The summed E-state index contributed by atoms with van der Waals surface area (Å²) >= 11 is 0. The number of rotatable bonds is 5. The lowest BCUT2D eigenvalue weighted by molar-refractivity contribution is -0.116. The summed E-state index contributed by atoms with van der Waals surface area (Å²) in [4.78, 5) is 31.4. The Morgan fingerprint density at radius 3 is 2.80 bits per heavy atom. The van der Waals surface area contributed by atoms with Crippen molar-refractivity contribution in [2.24, 2.45) is 0 Å². The molecule has 0 spiro atoms. The highest BCUT2D eigenvalue weighted by atomic mass is 16.1. The normalized spacial score (nSPS) is 10.8. The van der Waals surface area contributed by atoms with Gasteiger partial charge in [-0.15, -0.1) is 0 Å². The SMILES string of the molecule is Cc1ccc(C)c(NC(=O)CCCc2nc3ccccc3c(=O)[nH]2)c1. The van der Waals surface area contributed by atoms with Crippen LogP contribution in [0.4, 0.5) is 5.69 Å². The highest BCUT2D eigenvalue weighted by molar-refractivity contribution is 5.91.